The lowest BCUT2D eigenvalue weighted by Gasteiger charge is -2.04. The van der Waals surface area contributed by atoms with E-state index in [1.807, 2.05) is 0 Å². The number of H-pyrrole nitrogens is 2. The Morgan fingerprint density at radius 2 is 1.89 bits per heavy atom. The van der Waals surface area contributed by atoms with E-state index < -0.39 is 11.7 Å². The van der Waals surface area contributed by atoms with Crippen LogP contribution in [0.3, 0.4) is 0 Å². The zero-order chi connectivity index (χ0) is 13.8. The molecule has 100 valence electrons. The van der Waals surface area contributed by atoms with E-state index in [4.69, 9.17) is 9.47 Å². The number of rotatable bonds is 4. The molecule has 0 atom stereocenters. The number of imidazole rings is 1. The fourth-order valence-corrected chi connectivity index (χ4v) is 1.71. The largest absolute Gasteiger partial charge is 0.497 e. The predicted molar refractivity (Wildman–Crippen MR) is 69.4 cm³/mol. The van der Waals surface area contributed by atoms with E-state index in [0.29, 0.717) is 17.0 Å². The lowest BCUT2D eigenvalue weighted by molar-refractivity contribution is 0.0521. The van der Waals surface area contributed by atoms with Gasteiger partial charge in [-0.05, 0) is 31.2 Å². The van der Waals surface area contributed by atoms with Crippen LogP contribution in [0, 0.1) is 0 Å². The number of esters is 1. The molecule has 19 heavy (non-hydrogen) atoms. The number of methoxy groups -OCH3 is 1. The minimum Gasteiger partial charge on any atom is -0.497 e. The van der Waals surface area contributed by atoms with Gasteiger partial charge in [0.1, 0.15) is 5.75 Å². The summed E-state index contributed by atoms with van der Waals surface area (Å²) in [4.78, 5) is 28.1. The molecular weight excluding hydrogens is 248 g/mol. The summed E-state index contributed by atoms with van der Waals surface area (Å²) in [6, 6.07) is 6.99. The van der Waals surface area contributed by atoms with Gasteiger partial charge in [0, 0.05) is 5.56 Å². The van der Waals surface area contributed by atoms with Crippen LogP contribution < -0.4 is 10.4 Å². The highest BCUT2D eigenvalue weighted by atomic mass is 16.5. The number of aromatic nitrogens is 2. The Morgan fingerprint density at radius 3 is 2.47 bits per heavy atom. The second kappa shape index (κ2) is 5.43. The average molecular weight is 262 g/mol. The normalized spacial score (nSPS) is 10.2. The van der Waals surface area contributed by atoms with Crippen molar-refractivity contribution in [2.75, 3.05) is 13.7 Å². The van der Waals surface area contributed by atoms with Gasteiger partial charge in [0.2, 0.25) is 0 Å². The Labute approximate surface area is 109 Å². The van der Waals surface area contributed by atoms with Crippen molar-refractivity contribution in [3.63, 3.8) is 0 Å². The van der Waals surface area contributed by atoms with Crippen molar-refractivity contribution in [3.8, 4) is 17.0 Å². The first-order chi connectivity index (χ1) is 9.15. The molecule has 2 aromatic rings. The Balaban J connectivity index is 2.43. The van der Waals surface area contributed by atoms with Gasteiger partial charge in [-0.15, -0.1) is 0 Å². The molecule has 2 rings (SSSR count). The van der Waals surface area contributed by atoms with Crippen molar-refractivity contribution in [2.45, 2.75) is 6.92 Å². The lowest BCUT2D eigenvalue weighted by Crippen LogP contribution is -2.08. The Hall–Kier alpha value is -2.50. The number of ether oxygens (including phenoxy) is 2. The first kappa shape index (κ1) is 12.9. The molecule has 2 N–H and O–H groups in total. The minimum atomic E-state index is -0.563. The van der Waals surface area contributed by atoms with Crippen LogP contribution in [0.5, 0.6) is 5.75 Å². The summed E-state index contributed by atoms with van der Waals surface area (Å²) in [5, 5.41) is 0. The summed E-state index contributed by atoms with van der Waals surface area (Å²) in [5.74, 6) is 0.131. The Bertz CT molecular complexity index is 625. The topological polar surface area (TPSA) is 84.2 Å². The predicted octanol–water partition coefficient (Wildman–Crippen LogP) is 1.56. The van der Waals surface area contributed by atoms with Crippen LogP contribution in [0.1, 0.15) is 17.4 Å². The Morgan fingerprint density at radius 1 is 1.21 bits per heavy atom. The SMILES string of the molecule is CCOC(=O)c1[nH]c(=O)[nH]c1-c1ccc(OC)cc1. The van der Waals surface area contributed by atoms with Gasteiger partial charge in [-0.25, -0.2) is 9.59 Å². The maximum atomic E-state index is 11.7. The van der Waals surface area contributed by atoms with Crippen LogP contribution in [0.15, 0.2) is 29.1 Å². The third-order valence-corrected chi connectivity index (χ3v) is 2.59. The molecule has 0 aliphatic rings. The standard InChI is InChI=1S/C13H14N2O4/c1-3-19-12(16)11-10(14-13(17)15-11)8-4-6-9(18-2)7-5-8/h4-7H,3H2,1-2H3,(H2,14,15,17). The number of hydrogen-bond acceptors (Lipinski definition) is 4. The van der Waals surface area contributed by atoms with Crippen molar-refractivity contribution in [3.05, 3.63) is 40.4 Å². The maximum absolute atomic E-state index is 11.7. The van der Waals surface area contributed by atoms with Crippen LogP contribution in [-0.2, 0) is 4.74 Å². The van der Waals surface area contributed by atoms with Crippen molar-refractivity contribution >= 4 is 5.97 Å². The molecule has 0 saturated carbocycles. The van der Waals surface area contributed by atoms with Gasteiger partial charge in [-0.3, -0.25) is 4.98 Å². The number of benzene rings is 1. The summed E-state index contributed by atoms with van der Waals surface area (Å²) in [5.41, 5.74) is 0.777. The Kier molecular flexibility index (Phi) is 3.70. The summed E-state index contributed by atoms with van der Waals surface area (Å²) in [6.45, 7) is 1.95. The molecule has 0 amide bonds. The molecule has 0 aliphatic carbocycles. The summed E-state index contributed by atoms with van der Waals surface area (Å²) < 4.78 is 9.95. The molecule has 0 aliphatic heterocycles. The number of nitrogens with one attached hydrogen (secondary N) is 2. The van der Waals surface area contributed by atoms with Gasteiger partial charge in [-0.1, -0.05) is 0 Å². The smallest absolute Gasteiger partial charge is 0.357 e. The van der Waals surface area contributed by atoms with Gasteiger partial charge in [0.15, 0.2) is 5.69 Å². The van der Waals surface area contributed by atoms with Crippen LogP contribution in [0.25, 0.3) is 11.3 Å². The van der Waals surface area contributed by atoms with E-state index >= 15 is 0 Å². The van der Waals surface area contributed by atoms with Crippen LogP contribution in [-0.4, -0.2) is 29.7 Å². The third kappa shape index (κ3) is 2.67. The van der Waals surface area contributed by atoms with Crippen LogP contribution in [0.2, 0.25) is 0 Å². The van der Waals surface area contributed by atoms with Crippen molar-refractivity contribution < 1.29 is 14.3 Å². The molecule has 1 heterocycles. The minimum absolute atomic E-state index is 0.122. The van der Waals surface area contributed by atoms with Gasteiger partial charge in [0.25, 0.3) is 0 Å². The number of aromatic amines is 2. The highest BCUT2D eigenvalue weighted by molar-refractivity contribution is 5.94. The van der Waals surface area contributed by atoms with Crippen molar-refractivity contribution in [2.24, 2.45) is 0 Å². The molecule has 6 heteroatoms. The fourth-order valence-electron chi connectivity index (χ4n) is 1.71. The zero-order valence-electron chi connectivity index (χ0n) is 10.6. The molecule has 1 aromatic carbocycles. The monoisotopic (exact) mass is 262 g/mol. The molecule has 6 nitrogen and oxygen atoms in total. The molecular formula is C13H14N2O4. The van der Waals surface area contributed by atoms with E-state index in [1.165, 1.54) is 0 Å². The van der Waals surface area contributed by atoms with Crippen molar-refractivity contribution in [1.82, 2.24) is 9.97 Å². The molecule has 0 unspecified atom stereocenters. The maximum Gasteiger partial charge on any atom is 0.357 e. The van der Waals surface area contributed by atoms with E-state index in [2.05, 4.69) is 9.97 Å². The average Bonchev–Trinajstić information content (AvgIpc) is 2.81. The van der Waals surface area contributed by atoms with Gasteiger partial charge in [0.05, 0.1) is 19.4 Å². The van der Waals surface area contributed by atoms with E-state index in [-0.39, 0.29) is 12.3 Å². The molecule has 0 radical (unpaired) electrons. The van der Waals surface area contributed by atoms with E-state index in [0.717, 1.165) is 0 Å². The van der Waals surface area contributed by atoms with Crippen LogP contribution in [0.4, 0.5) is 0 Å². The number of carbonyl (C=O) groups excluding carboxylic acids is 1. The van der Waals surface area contributed by atoms with Gasteiger partial charge >= 0.3 is 11.7 Å². The number of carbonyl (C=O) groups is 1. The van der Waals surface area contributed by atoms with Gasteiger partial charge < -0.3 is 14.5 Å². The molecule has 1 aromatic heterocycles. The number of hydrogen-bond donors (Lipinski definition) is 2. The quantitative estimate of drug-likeness (QED) is 0.819. The third-order valence-electron chi connectivity index (χ3n) is 2.59. The molecule has 0 spiro atoms. The summed E-state index contributed by atoms with van der Waals surface area (Å²) in [6.07, 6.45) is 0. The second-order valence-electron chi connectivity index (χ2n) is 3.78. The lowest BCUT2D eigenvalue weighted by atomic mass is 10.1. The highest BCUT2D eigenvalue weighted by Crippen LogP contribution is 2.22. The fraction of sp³-hybridized carbons (Fsp3) is 0.231. The summed E-state index contributed by atoms with van der Waals surface area (Å²) in [7, 11) is 1.57. The molecule has 0 bridgehead atoms. The molecule has 0 saturated heterocycles. The van der Waals surface area contributed by atoms with Gasteiger partial charge in [-0.2, -0.15) is 0 Å². The second-order valence-corrected chi connectivity index (χ2v) is 3.78. The summed E-state index contributed by atoms with van der Waals surface area (Å²) >= 11 is 0. The first-order valence-corrected chi connectivity index (χ1v) is 5.79. The van der Waals surface area contributed by atoms with Crippen LogP contribution >= 0.6 is 0 Å². The zero-order valence-corrected chi connectivity index (χ0v) is 10.6. The first-order valence-electron chi connectivity index (χ1n) is 5.79. The van der Waals surface area contributed by atoms with E-state index in [1.54, 1.807) is 38.3 Å². The van der Waals surface area contributed by atoms with Crippen molar-refractivity contribution in [1.29, 1.82) is 0 Å². The highest BCUT2D eigenvalue weighted by Gasteiger charge is 2.17. The molecule has 0 fully saturated rings. The van der Waals surface area contributed by atoms with E-state index in [9.17, 15) is 9.59 Å².